The van der Waals surface area contributed by atoms with Crippen LogP contribution in [0.15, 0.2) is 12.4 Å². The molecule has 0 atom stereocenters. The van der Waals surface area contributed by atoms with Gasteiger partial charge >= 0.3 is 0 Å². The number of nitrogen functional groups attached to an aromatic ring is 1. The van der Waals surface area contributed by atoms with E-state index in [1.54, 1.807) is 0 Å². The van der Waals surface area contributed by atoms with Crippen molar-refractivity contribution in [2.45, 2.75) is 31.2 Å². The summed E-state index contributed by atoms with van der Waals surface area (Å²) in [5.74, 6) is 6.77. The van der Waals surface area contributed by atoms with Gasteiger partial charge in [-0.1, -0.05) is 12.8 Å². The Balaban J connectivity index is 2.01. The van der Waals surface area contributed by atoms with Crippen LogP contribution in [0, 0.1) is 0 Å². The maximum absolute atomic E-state index is 5.33. The molecule has 0 unspecified atom stereocenters. The van der Waals surface area contributed by atoms with Gasteiger partial charge in [-0.25, -0.2) is 15.8 Å². The normalized spacial score (nSPS) is 18.0. The van der Waals surface area contributed by atoms with E-state index < -0.39 is 0 Å². The van der Waals surface area contributed by atoms with E-state index in [1.165, 1.54) is 32.0 Å². The highest BCUT2D eigenvalue weighted by atomic mass is 15.3. The lowest BCUT2D eigenvalue weighted by atomic mass is 9.96. The predicted octanol–water partition coefficient (Wildman–Crippen LogP) is 1.05. The Labute approximate surface area is 108 Å². The second kappa shape index (κ2) is 5.49. The van der Waals surface area contributed by atoms with Gasteiger partial charge in [-0.05, 0) is 26.9 Å². The van der Waals surface area contributed by atoms with Crippen molar-refractivity contribution in [2.24, 2.45) is 5.84 Å². The number of anilines is 2. The lowest BCUT2D eigenvalue weighted by molar-refractivity contribution is 0.172. The number of aromatic nitrogens is 2. The highest BCUT2D eigenvalue weighted by molar-refractivity contribution is 5.45. The van der Waals surface area contributed by atoms with E-state index in [9.17, 15) is 0 Å². The molecule has 1 fully saturated rings. The van der Waals surface area contributed by atoms with Crippen LogP contribution in [-0.2, 0) is 0 Å². The first-order chi connectivity index (χ1) is 8.66. The van der Waals surface area contributed by atoms with Crippen LogP contribution in [0.2, 0.25) is 0 Å². The van der Waals surface area contributed by atoms with Crippen LogP contribution in [0.3, 0.4) is 0 Å². The fraction of sp³-hybridized carbons (Fsp3) is 0.667. The highest BCUT2D eigenvalue weighted by Crippen LogP contribution is 2.33. The maximum Gasteiger partial charge on any atom is 0.145 e. The van der Waals surface area contributed by atoms with Gasteiger partial charge < -0.3 is 15.6 Å². The van der Waals surface area contributed by atoms with Crippen LogP contribution in [0.5, 0.6) is 0 Å². The summed E-state index contributed by atoms with van der Waals surface area (Å²) in [5.41, 5.74) is 2.78. The third-order valence-corrected chi connectivity index (χ3v) is 3.90. The monoisotopic (exact) mass is 250 g/mol. The number of rotatable bonds is 5. The van der Waals surface area contributed by atoms with Gasteiger partial charge in [-0.15, -0.1) is 0 Å². The first-order valence-corrected chi connectivity index (χ1v) is 6.36. The maximum atomic E-state index is 5.33. The molecule has 0 spiro atoms. The molecule has 1 saturated carbocycles. The first-order valence-electron chi connectivity index (χ1n) is 6.36. The van der Waals surface area contributed by atoms with Gasteiger partial charge in [0.1, 0.15) is 18.0 Å². The summed E-state index contributed by atoms with van der Waals surface area (Å²) in [6.45, 7) is 0.904. The van der Waals surface area contributed by atoms with Crippen molar-refractivity contribution in [3.8, 4) is 0 Å². The van der Waals surface area contributed by atoms with Gasteiger partial charge in [0.15, 0.2) is 0 Å². The number of nitrogens with zero attached hydrogens (tertiary/aromatic N) is 3. The van der Waals surface area contributed by atoms with Crippen molar-refractivity contribution >= 4 is 11.6 Å². The fourth-order valence-electron chi connectivity index (χ4n) is 2.60. The molecule has 1 aromatic heterocycles. The van der Waals surface area contributed by atoms with Gasteiger partial charge in [0.25, 0.3) is 0 Å². The molecule has 0 radical (unpaired) electrons. The summed E-state index contributed by atoms with van der Waals surface area (Å²) < 4.78 is 0. The number of nitrogens with two attached hydrogens (primary N) is 1. The predicted molar refractivity (Wildman–Crippen MR) is 73.2 cm³/mol. The van der Waals surface area contributed by atoms with Gasteiger partial charge in [0, 0.05) is 18.2 Å². The molecule has 0 aromatic carbocycles. The molecule has 0 bridgehead atoms. The van der Waals surface area contributed by atoms with Crippen molar-refractivity contribution in [3.63, 3.8) is 0 Å². The van der Waals surface area contributed by atoms with Crippen LogP contribution in [0.1, 0.15) is 25.7 Å². The smallest absolute Gasteiger partial charge is 0.145 e. The molecular formula is C12H22N6. The molecule has 0 saturated heterocycles. The van der Waals surface area contributed by atoms with Crippen LogP contribution < -0.4 is 16.6 Å². The van der Waals surface area contributed by atoms with E-state index in [4.69, 9.17) is 5.84 Å². The van der Waals surface area contributed by atoms with E-state index in [-0.39, 0.29) is 5.54 Å². The molecule has 1 aliphatic carbocycles. The molecule has 18 heavy (non-hydrogen) atoms. The summed E-state index contributed by atoms with van der Waals surface area (Å²) in [6.07, 6.45) is 6.59. The molecule has 2 rings (SSSR count). The standard InChI is InChI=1S/C12H22N6/c1-18(2)12(5-3-4-6-12)8-14-10-7-11(17-13)16-9-15-10/h7,9H,3-6,8,13H2,1-2H3,(H2,14,15,16,17). The van der Waals surface area contributed by atoms with Gasteiger partial charge in [0.2, 0.25) is 0 Å². The molecule has 6 heteroatoms. The molecule has 0 amide bonds. The number of hydrogen-bond donors (Lipinski definition) is 3. The molecule has 0 aliphatic heterocycles. The summed E-state index contributed by atoms with van der Waals surface area (Å²) in [4.78, 5) is 10.5. The average molecular weight is 250 g/mol. The molecule has 4 N–H and O–H groups in total. The lowest BCUT2D eigenvalue weighted by Gasteiger charge is -2.36. The third-order valence-electron chi connectivity index (χ3n) is 3.90. The topological polar surface area (TPSA) is 79.1 Å². The second-order valence-corrected chi connectivity index (χ2v) is 5.11. The van der Waals surface area contributed by atoms with Gasteiger partial charge in [-0.3, -0.25) is 0 Å². The molecule has 1 heterocycles. The van der Waals surface area contributed by atoms with Crippen LogP contribution in [-0.4, -0.2) is 41.0 Å². The zero-order chi connectivity index (χ0) is 13.0. The SMILES string of the molecule is CN(C)C1(CNc2cc(NN)ncn2)CCCC1. The van der Waals surface area contributed by atoms with E-state index >= 15 is 0 Å². The minimum absolute atomic E-state index is 0.251. The quantitative estimate of drug-likeness (QED) is 0.535. The zero-order valence-electron chi connectivity index (χ0n) is 11.1. The van der Waals surface area contributed by atoms with Crippen molar-refractivity contribution in [3.05, 3.63) is 12.4 Å². The molecule has 1 aliphatic rings. The third kappa shape index (κ3) is 2.70. The first kappa shape index (κ1) is 13.0. The Morgan fingerprint density at radius 1 is 1.28 bits per heavy atom. The van der Waals surface area contributed by atoms with E-state index in [1.807, 2.05) is 6.07 Å². The average Bonchev–Trinajstić information content (AvgIpc) is 2.87. The lowest BCUT2D eigenvalue weighted by Crippen LogP contribution is -2.47. The van der Waals surface area contributed by atoms with Crippen molar-refractivity contribution in [1.82, 2.24) is 14.9 Å². The van der Waals surface area contributed by atoms with Gasteiger partial charge in [-0.2, -0.15) is 0 Å². The van der Waals surface area contributed by atoms with E-state index in [2.05, 4.69) is 39.7 Å². The second-order valence-electron chi connectivity index (χ2n) is 5.11. The van der Waals surface area contributed by atoms with Crippen molar-refractivity contribution < 1.29 is 0 Å². The minimum Gasteiger partial charge on any atom is -0.368 e. The fourth-order valence-corrected chi connectivity index (χ4v) is 2.60. The van der Waals surface area contributed by atoms with E-state index in [0.29, 0.717) is 5.82 Å². The highest BCUT2D eigenvalue weighted by Gasteiger charge is 2.35. The molecule has 6 nitrogen and oxygen atoms in total. The number of nitrogens with one attached hydrogen (secondary N) is 2. The summed E-state index contributed by atoms with van der Waals surface area (Å²) in [6, 6.07) is 1.82. The van der Waals surface area contributed by atoms with Crippen LogP contribution in [0.25, 0.3) is 0 Å². The Morgan fingerprint density at radius 2 is 1.94 bits per heavy atom. The van der Waals surface area contributed by atoms with E-state index in [0.717, 1.165) is 12.4 Å². The zero-order valence-corrected chi connectivity index (χ0v) is 11.1. The Morgan fingerprint density at radius 3 is 2.56 bits per heavy atom. The summed E-state index contributed by atoms with van der Waals surface area (Å²) in [5, 5.41) is 3.40. The largest absolute Gasteiger partial charge is 0.368 e. The van der Waals surface area contributed by atoms with Crippen molar-refractivity contribution in [1.29, 1.82) is 0 Å². The van der Waals surface area contributed by atoms with Gasteiger partial charge in [0.05, 0.1) is 0 Å². The number of hydrazine groups is 1. The number of hydrogen-bond acceptors (Lipinski definition) is 6. The Bertz CT molecular complexity index is 386. The number of likely N-dealkylation sites (N-methyl/N-ethyl adjacent to an activating group) is 1. The molecule has 100 valence electrons. The van der Waals surface area contributed by atoms with Crippen LogP contribution in [0.4, 0.5) is 11.6 Å². The van der Waals surface area contributed by atoms with Crippen molar-refractivity contribution in [2.75, 3.05) is 31.4 Å². The Hall–Kier alpha value is -1.40. The van der Waals surface area contributed by atoms with Crippen LogP contribution >= 0.6 is 0 Å². The Kier molecular flexibility index (Phi) is 3.98. The molecular weight excluding hydrogens is 228 g/mol. The summed E-state index contributed by atoms with van der Waals surface area (Å²) in [7, 11) is 4.31. The minimum atomic E-state index is 0.251. The summed E-state index contributed by atoms with van der Waals surface area (Å²) >= 11 is 0. The molecule has 1 aromatic rings.